The van der Waals surface area contributed by atoms with Crippen molar-refractivity contribution < 1.29 is 19.0 Å². The van der Waals surface area contributed by atoms with E-state index in [9.17, 15) is 14.3 Å². The molecule has 0 aromatic heterocycles. The molecule has 0 heterocycles. The van der Waals surface area contributed by atoms with E-state index >= 15 is 0 Å². The monoisotopic (exact) mass is 260 g/mol. The van der Waals surface area contributed by atoms with E-state index in [0.29, 0.717) is 11.3 Å². The summed E-state index contributed by atoms with van der Waals surface area (Å²) in [6, 6.07) is 10.9. The molecule has 98 valence electrons. The highest BCUT2D eigenvalue weighted by Crippen LogP contribution is 2.30. The van der Waals surface area contributed by atoms with Gasteiger partial charge in [-0.2, -0.15) is 0 Å². The molecule has 0 amide bonds. The molecule has 0 spiro atoms. The van der Waals surface area contributed by atoms with E-state index in [1.165, 1.54) is 25.1 Å². The standard InChI is InChI=1S/C15H13FO3/c1-10(18)12-6-4-7-13(16)15(12)19-14-8-3-2-5-11(14)9-17/h2-8,17H,9H2,1H3. The molecule has 2 aromatic carbocycles. The number of para-hydroxylation sites is 2. The molecule has 0 saturated carbocycles. The molecular formula is C15H13FO3. The molecule has 0 unspecified atom stereocenters. The number of hydrogen-bond acceptors (Lipinski definition) is 3. The van der Waals surface area contributed by atoms with Gasteiger partial charge in [-0.1, -0.05) is 24.3 Å². The summed E-state index contributed by atoms with van der Waals surface area (Å²) in [5.41, 5.74) is 0.702. The average Bonchev–Trinajstić information content (AvgIpc) is 2.41. The van der Waals surface area contributed by atoms with Crippen LogP contribution in [-0.2, 0) is 6.61 Å². The van der Waals surface area contributed by atoms with Crippen LogP contribution >= 0.6 is 0 Å². The van der Waals surface area contributed by atoms with Crippen molar-refractivity contribution in [1.29, 1.82) is 0 Å². The van der Waals surface area contributed by atoms with Crippen molar-refractivity contribution in [2.45, 2.75) is 13.5 Å². The molecule has 2 aromatic rings. The highest BCUT2D eigenvalue weighted by atomic mass is 19.1. The number of hydrogen-bond donors (Lipinski definition) is 1. The Labute approximate surface area is 110 Å². The Bertz CT molecular complexity index is 608. The second kappa shape index (κ2) is 5.63. The topological polar surface area (TPSA) is 46.5 Å². The van der Waals surface area contributed by atoms with Gasteiger partial charge in [0.15, 0.2) is 17.3 Å². The van der Waals surface area contributed by atoms with Gasteiger partial charge in [0.25, 0.3) is 0 Å². The Kier molecular flexibility index (Phi) is 3.92. The summed E-state index contributed by atoms with van der Waals surface area (Å²) in [5.74, 6) is -0.676. The van der Waals surface area contributed by atoms with Crippen LogP contribution in [0.3, 0.4) is 0 Å². The maximum Gasteiger partial charge on any atom is 0.173 e. The van der Waals surface area contributed by atoms with Crippen LogP contribution in [0, 0.1) is 5.82 Å². The molecule has 0 saturated heterocycles. The molecule has 0 aliphatic carbocycles. The van der Waals surface area contributed by atoms with Gasteiger partial charge >= 0.3 is 0 Å². The molecule has 4 heteroatoms. The highest BCUT2D eigenvalue weighted by Gasteiger charge is 2.15. The maximum atomic E-state index is 13.8. The van der Waals surface area contributed by atoms with Crippen molar-refractivity contribution in [3.8, 4) is 11.5 Å². The number of aliphatic hydroxyl groups excluding tert-OH is 1. The van der Waals surface area contributed by atoms with E-state index in [4.69, 9.17) is 4.74 Å². The zero-order valence-corrected chi connectivity index (χ0v) is 10.4. The number of ether oxygens (including phenoxy) is 1. The van der Waals surface area contributed by atoms with E-state index in [2.05, 4.69) is 0 Å². The van der Waals surface area contributed by atoms with Gasteiger partial charge in [0.2, 0.25) is 0 Å². The lowest BCUT2D eigenvalue weighted by molar-refractivity contribution is 0.101. The second-order valence-electron chi connectivity index (χ2n) is 4.04. The van der Waals surface area contributed by atoms with E-state index in [1.807, 2.05) is 0 Å². The molecule has 0 bridgehead atoms. The molecule has 19 heavy (non-hydrogen) atoms. The van der Waals surface area contributed by atoms with Crippen LogP contribution in [0.1, 0.15) is 22.8 Å². The minimum Gasteiger partial charge on any atom is -0.453 e. The first-order chi connectivity index (χ1) is 9.13. The minimum absolute atomic E-state index is 0.115. The first kappa shape index (κ1) is 13.2. The number of aliphatic hydroxyl groups is 1. The third-order valence-electron chi connectivity index (χ3n) is 2.70. The van der Waals surface area contributed by atoms with Crippen LogP contribution in [0.25, 0.3) is 0 Å². The largest absolute Gasteiger partial charge is 0.453 e. The molecule has 1 N–H and O–H groups in total. The summed E-state index contributed by atoms with van der Waals surface area (Å²) >= 11 is 0. The van der Waals surface area contributed by atoms with Gasteiger partial charge in [0.05, 0.1) is 12.2 Å². The molecule has 0 radical (unpaired) electrons. The van der Waals surface area contributed by atoms with Crippen LogP contribution in [0.15, 0.2) is 42.5 Å². The fourth-order valence-electron chi connectivity index (χ4n) is 1.73. The Hall–Kier alpha value is -2.20. The predicted octanol–water partition coefficient (Wildman–Crippen LogP) is 3.31. The lowest BCUT2D eigenvalue weighted by Gasteiger charge is -2.12. The summed E-state index contributed by atoms with van der Waals surface area (Å²) in [5, 5.41) is 9.20. The molecule has 3 nitrogen and oxygen atoms in total. The predicted molar refractivity (Wildman–Crippen MR) is 68.8 cm³/mol. The van der Waals surface area contributed by atoms with E-state index < -0.39 is 5.82 Å². The Morgan fingerprint density at radius 1 is 1.21 bits per heavy atom. The maximum absolute atomic E-state index is 13.8. The van der Waals surface area contributed by atoms with Crippen molar-refractivity contribution in [2.75, 3.05) is 0 Å². The fraction of sp³-hybridized carbons (Fsp3) is 0.133. The summed E-state index contributed by atoms with van der Waals surface area (Å²) in [6.07, 6.45) is 0. The summed E-state index contributed by atoms with van der Waals surface area (Å²) in [7, 11) is 0. The number of carbonyl (C=O) groups excluding carboxylic acids is 1. The number of ketones is 1. The van der Waals surface area contributed by atoms with Gasteiger partial charge in [-0.25, -0.2) is 4.39 Å². The smallest absolute Gasteiger partial charge is 0.173 e. The van der Waals surface area contributed by atoms with Gasteiger partial charge in [-0.05, 0) is 25.1 Å². The lowest BCUT2D eigenvalue weighted by atomic mass is 10.1. The van der Waals surface area contributed by atoms with Crippen LogP contribution < -0.4 is 4.74 Å². The number of Topliss-reactive ketones (excluding diaryl/α,β-unsaturated/α-hetero) is 1. The van der Waals surface area contributed by atoms with Crippen LogP contribution in [-0.4, -0.2) is 10.9 Å². The molecule has 0 aliphatic heterocycles. The molecule has 0 fully saturated rings. The Morgan fingerprint density at radius 3 is 2.63 bits per heavy atom. The summed E-state index contributed by atoms with van der Waals surface area (Å²) < 4.78 is 19.3. The van der Waals surface area contributed by atoms with Crippen LogP contribution in [0.2, 0.25) is 0 Å². The average molecular weight is 260 g/mol. The van der Waals surface area contributed by atoms with Crippen molar-refractivity contribution in [3.05, 3.63) is 59.4 Å². The SMILES string of the molecule is CC(=O)c1cccc(F)c1Oc1ccccc1CO. The number of carbonyl (C=O) groups is 1. The first-order valence-electron chi connectivity index (χ1n) is 5.79. The Morgan fingerprint density at radius 2 is 1.95 bits per heavy atom. The number of rotatable bonds is 4. The summed E-state index contributed by atoms with van der Waals surface area (Å²) in [6.45, 7) is 1.12. The molecular weight excluding hydrogens is 247 g/mol. The molecule has 0 aliphatic rings. The van der Waals surface area contributed by atoms with Crippen molar-refractivity contribution in [3.63, 3.8) is 0 Å². The zero-order chi connectivity index (χ0) is 13.8. The van der Waals surface area contributed by atoms with Gasteiger partial charge in [0, 0.05) is 5.56 Å². The second-order valence-corrected chi connectivity index (χ2v) is 4.04. The minimum atomic E-state index is -0.611. The Balaban J connectivity index is 2.46. The lowest BCUT2D eigenvalue weighted by Crippen LogP contribution is -2.01. The van der Waals surface area contributed by atoms with E-state index in [1.54, 1.807) is 24.3 Å². The van der Waals surface area contributed by atoms with Crippen molar-refractivity contribution in [2.24, 2.45) is 0 Å². The van der Waals surface area contributed by atoms with Crippen LogP contribution in [0.5, 0.6) is 11.5 Å². The summed E-state index contributed by atoms with van der Waals surface area (Å²) in [4.78, 5) is 11.5. The zero-order valence-electron chi connectivity index (χ0n) is 10.4. The van der Waals surface area contributed by atoms with Crippen LogP contribution in [0.4, 0.5) is 4.39 Å². The number of halogens is 1. The van der Waals surface area contributed by atoms with Crippen molar-refractivity contribution >= 4 is 5.78 Å². The molecule has 0 atom stereocenters. The van der Waals surface area contributed by atoms with E-state index in [0.717, 1.165) is 0 Å². The van der Waals surface area contributed by atoms with Gasteiger partial charge < -0.3 is 9.84 Å². The van der Waals surface area contributed by atoms with Gasteiger partial charge in [-0.3, -0.25) is 4.79 Å². The normalized spacial score (nSPS) is 10.3. The highest BCUT2D eigenvalue weighted by molar-refractivity contribution is 5.96. The third-order valence-corrected chi connectivity index (χ3v) is 2.70. The fourth-order valence-corrected chi connectivity index (χ4v) is 1.73. The first-order valence-corrected chi connectivity index (χ1v) is 5.79. The quantitative estimate of drug-likeness (QED) is 0.858. The third kappa shape index (κ3) is 2.80. The number of benzene rings is 2. The molecule has 2 rings (SSSR count). The van der Waals surface area contributed by atoms with Gasteiger partial charge in [0.1, 0.15) is 5.75 Å². The van der Waals surface area contributed by atoms with Gasteiger partial charge in [-0.15, -0.1) is 0 Å². The van der Waals surface area contributed by atoms with E-state index in [-0.39, 0.29) is 23.7 Å². The van der Waals surface area contributed by atoms with Crippen molar-refractivity contribution in [1.82, 2.24) is 0 Å².